The van der Waals surface area contributed by atoms with Gasteiger partial charge in [0.2, 0.25) is 5.91 Å². The van der Waals surface area contributed by atoms with E-state index in [1.165, 1.54) is 6.20 Å². The molecule has 3 rings (SSSR count). The maximum atomic E-state index is 11.8. The maximum absolute atomic E-state index is 11.8. The van der Waals surface area contributed by atoms with E-state index in [1.54, 1.807) is 20.1 Å². The van der Waals surface area contributed by atoms with Crippen molar-refractivity contribution in [2.24, 2.45) is 11.7 Å². The van der Waals surface area contributed by atoms with E-state index in [9.17, 15) is 9.59 Å². The van der Waals surface area contributed by atoms with Crippen molar-refractivity contribution in [1.82, 2.24) is 9.88 Å². The first kappa shape index (κ1) is 20.4. The molecule has 0 radical (unpaired) electrons. The molecule has 1 fully saturated rings. The van der Waals surface area contributed by atoms with Gasteiger partial charge in [0.05, 0.1) is 18.4 Å². The third kappa shape index (κ3) is 5.37. The lowest BCUT2D eigenvalue weighted by Gasteiger charge is -2.32. The number of nitrogens with one attached hydrogen (secondary N) is 2. The van der Waals surface area contributed by atoms with Gasteiger partial charge in [-0.2, -0.15) is 0 Å². The van der Waals surface area contributed by atoms with Crippen molar-refractivity contribution in [3.8, 4) is 5.75 Å². The average Bonchev–Trinajstić information content (AvgIpc) is 2.73. The maximum Gasteiger partial charge on any atom is 0.252 e. The smallest absolute Gasteiger partial charge is 0.252 e. The largest absolute Gasteiger partial charge is 0.497 e. The van der Waals surface area contributed by atoms with Crippen molar-refractivity contribution in [3.05, 3.63) is 42.1 Å². The number of nitrogens with zero attached hydrogens (tertiary/aromatic N) is 2. The molecule has 2 amide bonds. The molecular weight excluding hydrogens is 370 g/mol. The van der Waals surface area contributed by atoms with Gasteiger partial charge < -0.3 is 26.0 Å². The summed E-state index contributed by atoms with van der Waals surface area (Å²) in [5.41, 5.74) is 7.33. The molecule has 1 saturated heterocycles. The van der Waals surface area contributed by atoms with Crippen LogP contribution in [0.25, 0.3) is 0 Å². The van der Waals surface area contributed by atoms with Gasteiger partial charge in [0.15, 0.2) is 0 Å². The van der Waals surface area contributed by atoms with Crippen LogP contribution < -0.4 is 21.1 Å². The standard InChI is InChI=1S/C21H27N5O3/c1-14(27)26-9-3-4-15(13-26)11-23-19-10-20(24-12-18(19)21(22)28)25-16-5-7-17(29-2)8-6-16/h5-8,10,12,15H,3-4,9,11,13H2,1-2H3,(H2,22,28)(H2,23,24,25)/t15-/m1/s1. The Labute approximate surface area is 170 Å². The third-order valence-corrected chi connectivity index (χ3v) is 5.08. The number of carbonyl (C=O) groups is 2. The summed E-state index contributed by atoms with van der Waals surface area (Å²) in [6.07, 6.45) is 3.49. The molecule has 154 valence electrons. The normalized spacial score (nSPS) is 16.2. The summed E-state index contributed by atoms with van der Waals surface area (Å²) < 4.78 is 5.16. The Kier molecular flexibility index (Phi) is 6.54. The molecule has 1 atom stereocenters. The first-order chi connectivity index (χ1) is 14.0. The number of pyridine rings is 1. The van der Waals surface area contributed by atoms with Crippen molar-refractivity contribution in [2.75, 3.05) is 37.4 Å². The number of hydrogen-bond acceptors (Lipinski definition) is 6. The average molecular weight is 397 g/mol. The van der Waals surface area contributed by atoms with E-state index < -0.39 is 5.91 Å². The van der Waals surface area contributed by atoms with Crippen LogP contribution in [0.5, 0.6) is 5.75 Å². The number of likely N-dealkylation sites (tertiary alicyclic amines) is 1. The van der Waals surface area contributed by atoms with Crippen LogP contribution in [0.4, 0.5) is 17.2 Å². The van der Waals surface area contributed by atoms with Gasteiger partial charge in [0.1, 0.15) is 11.6 Å². The summed E-state index contributed by atoms with van der Waals surface area (Å²) in [5, 5.41) is 6.54. The number of benzene rings is 1. The molecule has 0 spiro atoms. The van der Waals surface area contributed by atoms with Crippen molar-refractivity contribution in [3.63, 3.8) is 0 Å². The van der Waals surface area contributed by atoms with Gasteiger partial charge in [-0.25, -0.2) is 4.98 Å². The van der Waals surface area contributed by atoms with Crippen molar-refractivity contribution >= 4 is 29.0 Å². The minimum Gasteiger partial charge on any atom is -0.497 e. The molecule has 2 aromatic rings. The van der Waals surface area contributed by atoms with Gasteiger partial charge >= 0.3 is 0 Å². The Hall–Kier alpha value is -3.29. The molecule has 0 saturated carbocycles. The highest BCUT2D eigenvalue weighted by Gasteiger charge is 2.22. The number of hydrogen-bond donors (Lipinski definition) is 3. The number of amides is 2. The molecule has 1 aliphatic heterocycles. The number of rotatable bonds is 7. The molecule has 8 nitrogen and oxygen atoms in total. The zero-order valence-electron chi connectivity index (χ0n) is 16.8. The number of nitrogens with two attached hydrogens (primary N) is 1. The molecule has 0 aliphatic carbocycles. The molecule has 1 aromatic heterocycles. The second-order valence-corrected chi connectivity index (χ2v) is 7.19. The Balaban J connectivity index is 1.71. The minimum atomic E-state index is -0.537. The molecule has 1 aliphatic rings. The monoisotopic (exact) mass is 397 g/mol. The number of primary amides is 1. The zero-order chi connectivity index (χ0) is 20.8. The van der Waals surface area contributed by atoms with Crippen LogP contribution >= 0.6 is 0 Å². The first-order valence-electron chi connectivity index (χ1n) is 9.66. The van der Waals surface area contributed by atoms with E-state index in [0.717, 1.165) is 37.4 Å². The van der Waals surface area contributed by atoms with Crippen molar-refractivity contribution in [1.29, 1.82) is 0 Å². The number of anilines is 3. The Morgan fingerprint density at radius 3 is 2.72 bits per heavy atom. The highest BCUT2D eigenvalue weighted by atomic mass is 16.5. The van der Waals surface area contributed by atoms with Crippen molar-refractivity contribution < 1.29 is 14.3 Å². The molecule has 29 heavy (non-hydrogen) atoms. The highest BCUT2D eigenvalue weighted by Crippen LogP contribution is 2.24. The first-order valence-corrected chi connectivity index (χ1v) is 9.66. The molecule has 2 heterocycles. The van der Waals surface area contributed by atoms with Crippen LogP contribution in [0.15, 0.2) is 36.5 Å². The fourth-order valence-electron chi connectivity index (χ4n) is 3.46. The summed E-state index contributed by atoms with van der Waals surface area (Å²) >= 11 is 0. The fraction of sp³-hybridized carbons (Fsp3) is 0.381. The Bertz CT molecular complexity index is 869. The predicted octanol–water partition coefficient (Wildman–Crippen LogP) is 2.60. The molecule has 4 N–H and O–H groups in total. The van der Waals surface area contributed by atoms with E-state index in [2.05, 4.69) is 15.6 Å². The summed E-state index contributed by atoms with van der Waals surface area (Å²) in [4.78, 5) is 29.6. The van der Waals surface area contributed by atoms with E-state index in [0.29, 0.717) is 29.5 Å². The number of ether oxygens (including phenoxy) is 1. The summed E-state index contributed by atoms with van der Waals surface area (Å²) in [6.45, 7) is 3.77. The second-order valence-electron chi connectivity index (χ2n) is 7.19. The van der Waals surface area contributed by atoms with Gasteiger partial charge in [-0.05, 0) is 43.0 Å². The van der Waals surface area contributed by atoms with Gasteiger partial charge in [0, 0.05) is 44.5 Å². The van der Waals surface area contributed by atoms with Crippen molar-refractivity contribution in [2.45, 2.75) is 19.8 Å². The quantitative estimate of drug-likeness (QED) is 0.663. The molecule has 0 unspecified atom stereocenters. The summed E-state index contributed by atoms with van der Waals surface area (Å²) in [6, 6.07) is 9.24. The van der Waals surface area contributed by atoms with Gasteiger partial charge in [0.25, 0.3) is 5.91 Å². The topological polar surface area (TPSA) is 110 Å². The summed E-state index contributed by atoms with van der Waals surface area (Å²) in [7, 11) is 1.62. The molecule has 0 bridgehead atoms. The third-order valence-electron chi connectivity index (χ3n) is 5.08. The van der Waals surface area contributed by atoms with E-state index >= 15 is 0 Å². The number of piperidine rings is 1. The lowest BCUT2D eigenvalue weighted by molar-refractivity contribution is -0.130. The predicted molar refractivity (Wildman–Crippen MR) is 112 cm³/mol. The lowest BCUT2D eigenvalue weighted by atomic mass is 9.97. The Morgan fingerprint density at radius 2 is 2.07 bits per heavy atom. The van der Waals surface area contributed by atoms with Gasteiger partial charge in [-0.3, -0.25) is 9.59 Å². The van der Waals surface area contributed by atoms with Crippen LogP contribution in [0.2, 0.25) is 0 Å². The molecular formula is C21H27N5O3. The highest BCUT2D eigenvalue weighted by molar-refractivity contribution is 5.98. The van der Waals surface area contributed by atoms with Crippen LogP contribution in [-0.2, 0) is 4.79 Å². The fourth-order valence-corrected chi connectivity index (χ4v) is 3.46. The number of methoxy groups -OCH3 is 1. The molecule has 1 aromatic carbocycles. The van der Waals surface area contributed by atoms with Gasteiger partial charge in [-0.1, -0.05) is 0 Å². The van der Waals surface area contributed by atoms with Crippen LogP contribution in [-0.4, -0.2) is 48.4 Å². The van der Waals surface area contributed by atoms with E-state index in [-0.39, 0.29) is 5.91 Å². The van der Waals surface area contributed by atoms with Gasteiger partial charge in [-0.15, -0.1) is 0 Å². The van der Waals surface area contributed by atoms with Crippen LogP contribution in [0, 0.1) is 5.92 Å². The zero-order valence-corrected chi connectivity index (χ0v) is 16.8. The second kappa shape index (κ2) is 9.27. The minimum absolute atomic E-state index is 0.0995. The van der Waals surface area contributed by atoms with E-state index in [1.807, 2.05) is 29.2 Å². The Morgan fingerprint density at radius 1 is 1.31 bits per heavy atom. The lowest BCUT2D eigenvalue weighted by Crippen LogP contribution is -2.40. The molecule has 8 heteroatoms. The van der Waals surface area contributed by atoms with Crippen LogP contribution in [0.1, 0.15) is 30.1 Å². The van der Waals surface area contributed by atoms with E-state index in [4.69, 9.17) is 10.5 Å². The summed E-state index contributed by atoms with van der Waals surface area (Å²) in [5.74, 6) is 1.24. The SMILES string of the molecule is COc1ccc(Nc2cc(NC[C@H]3CCCN(C(C)=O)C3)c(C(N)=O)cn2)cc1. The number of aromatic nitrogens is 1. The number of carbonyl (C=O) groups excluding carboxylic acids is 2. The van der Waals surface area contributed by atoms with Crippen LogP contribution in [0.3, 0.4) is 0 Å².